The van der Waals surface area contributed by atoms with E-state index < -0.39 is 12.0 Å². The Labute approximate surface area is 204 Å². The number of benzene rings is 1. The number of amides is 3. The van der Waals surface area contributed by atoms with Gasteiger partial charge in [0.05, 0.1) is 17.1 Å². The van der Waals surface area contributed by atoms with Crippen LogP contribution in [0.2, 0.25) is 0 Å². The molecule has 0 radical (unpaired) electrons. The Kier molecular flexibility index (Phi) is 6.39. The molecule has 4 heterocycles. The predicted molar refractivity (Wildman–Crippen MR) is 131 cm³/mol. The molecular weight excluding hydrogens is 448 g/mol. The molecule has 3 amide bonds. The van der Waals surface area contributed by atoms with E-state index in [4.69, 9.17) is 0 Å². The van der Waals surface area contributed by atoms with Crippen LogP contribution in [0.1, 0.15) is 37.8 Å². The van der Waals surface area contributed by atoms with E-state index in [0.717, 1.165) is 61.4 Å². The Morgan fingerprint density at radius 3 is 2.60 bits per heavy atom. The van der Waals surface area contributed by atoms with Crippen molar-refractivity contribution in [2.45, 2.75) is 32.1 Å². The number of hydrogen-bond donors (Lipinski definition) is 2. The second-order valence-electron chi connectivity index (χ2n) is 10.3. The van der Waals surface area contributed by atoms with E-state index in [1.165, 1.54) is 0 Å². The van der Waals surface area contributed by atoms with E-state index >= 15 is 0 Å². The zero-order valence-electron chi connectivity index (χ0n) is 20.4. The van der Waals surface area contributed by atoms with Crippen LogP contribution in [-0.4, -0.2) is 88.4 Å². The van der Waals surface area contributed by atoms with Crippen molar-refractivity contribution in [1.82, 2.24) is 24.9 Å². The summed E-state index contributed by atoms with van der Waals surface area (Å²) in [6.07, 6.45) is 0.960. The summed E-state index contributed by atoms with van der Waals surface area (Å²) >= 11 is 0. The molecular formula is C25H34N6O4. The highest BCUT2D eigenvalue weighted by molar-refractivity contribution is 6.02. The summed E-state index contributed by atoms with van der Waals surface area (Å²) in [5.41, 5.74) is 2.88. The number of piperidine rings is 2. The fraction of sp³-hybridized carbons (Fsp3) is 0.600. The van der Waals surface area contributed by atoms with Gasteiger partial charge in [0.2, 0.25) is 11.8 Å². The fourth-order valence-electron chi connectivity index (χ4n) is 5.84. The SMILES string of the molecule is C[C@H]1CN(C(=O)O)CC[C@H]1CN1CCN(c2ccc3c(C4CCC(=O)NC4=O)nn(C)c3c2)CC1. The van der Waals surface area contributed by atoms with Crippen LogP contribution in [0.4, 0.5) is 10.5 Å². The number of nitrogens with one attached hydrogen (secondary N) is 1. The van der Waals surface area contributed by atoms with E-state index in [0.29, 0.717) is 37.8 Å². The quantitative estimate of drug-likeness (QED) is 0.640. The van der Waals surface area contributed by atoms with Gasteiger partial charge in [-0.3, -0.25) is 24.5 Å². The summed E-state index contributed by atoms with van der Waals surface area (Å²) in [5.74, 6) is 0.0466. The molecule has 1 unspecified atom stereocenters. The first-order valence-corrected chi connectivity index (χ1v) is 12.6. The summed E-state index contributed by atoms with van der Waals surface area (Å²) in [7, 11) is 1.90. The van der Waals surface area contributed by atoms with Crippen molar-refractivity contribution in [1.29, 1.82) is 0 Å². The molecule has 5 rings (SSSR count). The number of aromatic nitrogens is 2. The zero-order chi connectivity index (χ0) is 24.7. The molecule has 35 heavy (non-hydrogen) atoms. The van der Waals surface area contributed by atoms with Gasteiger partial charge in [0.15, 0.2) is 0 Å². The van der Waals surface area contributed by atoms with Crippen LogP contribution < -0.4 is 10.2 Å². The molecule has 0 bridgehead atoms. The minimum atomic E-state index is -0.807. The molecule has 3 aliphatic heterocycles. The smallest absolute Gasteiger partial charge is 0.407 e. The van der Waals surface area contributed by atoms with Crippen LogP contribution in [0.3, 0.4) is 0 Å². The van der Waals surface area contributed by atoms with Crippen LogP contribution >= 0.6 is 0 Å². The van der Waals surface area contributed by atoms with E-state index in [2.05, 4.69) is 45.3 Å². The van der Waals surface area contributed by atoms with Crippen LogP contribution in [-0.2, 0) is 16.6 Å². The zero-order valence-corrected chi connectivity index (χ0v) is 20.4. The maximum Gasteiger partial charge on any atom is 0.407 e. The lowest BCUT2D eigenvalue weighted by molar-refractivity contribution is -0.134. The highest BCUT2D eigenvalue weighted by Gasteiger charge is 2.33. The van der Waals surface area contributed by atoms with E-state index in [9.17, 15) is 19.5 Å². The maximum absolute atomic E-state index is 12.4. The van der Waals surface area contributed by atoms with E-state index in [1.54, 1.807) is 4.90 Å². The molecule has 10 nitrogen and oxygen atoms in total. The number of fused-ring (bicyclic) bond motifs is 1. The number of carbonyl (C=O) groups is 3. The molecule has 3 atom stereocenters. The third kappa shape index (κ3) is 4.71. The van der Waals surface area contributed by atoms with Gasteiger partial charge in [-0.1, -0.05) is 6.92 Å². The lowest BCUT2D eigenvalue weighted by Crippen LogP contribution is -2.50. The second kappa shape index (κ2) is 9.49. The average molecular weight is 483 g/mol. The normalized spacial score (nSPS) is 26.3. The Balaban J connectivity index is 1.22. The molecule has 10 heteroatoms. The van der Waals surface area contributed by atoms with E-state index in [-0.39, 0.29) is 11.8 Å². The van der Waals surface area contributed by atoms with Crippen molar-refractivity contribution in [3.05, 3.63) is 23.9 Å². The lowest BCUT2D eigenvalue weighted by atomic mass is 9.86. The van der Waals surface area contributed by atoms with Gasteiger partial charge in [0.1, 0.15) is 0 Å². The van der Waals surface area contributed by atoms with Gasteiger partial charge in [-0.2, -0.15) is 5.10 Å². The summed E-state index contributed by atoms with van der Waals surface area (Å²) in [6, 6.07) is 6.32. The molecule has 3 aliphatic rings. The fourth-order valence-corrected chi connectivity index (χ4v) is 5.84. The lowest BCUT2D eigenvalue weighted by Gasteiger charge is -2.41. The first-order valence-electron chi connectivity index (χ1n) is 12.6. The van der Waals surface area contributed by atoms with E-state index in [1.807, 2.05) is 11.7 Å². The first-order chi connectivity index (χ1) is 16.8. The second-order valence-corrected chi connectivity index (χ2v) is 10.3. The Hall–Kier alpha value is -3.14. The molecule has 0 aliphatic carbocycles. The third-order valence-electron chi connectivity index (χ3n) is 8.02. The van der Waals surface area contributed by atoms with Crippen molar-refractivity contribution in [2.24, 2.45) is 18.9 Å². The highest BCUT2D eigenvalue weighted by Crippen LogP contribution is 2.32. The Bertz CT molecular complexity index is 1140. The number of nitrogens with zero attached hydrogens (tertiary/aromatic N) is 5. The van der Waals surface area contributed by atoms with Crippen LogP contribution in [0.25, 0.3) is 10.9 Å². The van der Waals surface area contributed by atoms with Gasteiger partial charge >= 0.3 is 6.09 Å². The van der Waals surface area contributed by atoms with Gasteiger partial charge in [-0.25, -0.2) is 4.79 Å². The number of hydrogen-bond acceptors (Lipinski definition) is 6. The molecule has 2 N–H and O–H groups in total. The molecule has 1 aromatic carbocycles. The van der Waals surface area contributed by atoms with Crippen molar-refractivity contribution in [3.8, 4) is 0 Å². The third-order valence-corrected chi connectivity index (χ3v) is 8.02. The van der Waals surface area contributed by atoms with Crippen LogP contribution in [0, 0.1) is 11.8 Å². The van der Waals surface area contributed by atoms with Gasteiger partial charge in [-0.05, 0) is 42.9 Å². The summed E-state index contributed by atoms with van der Waals surface area (Å²) in [4.78, 5) is 41.6. The molecule has 188 valence electrons. The van der Waals surface area contributed by atoms with Crippen LogP contribution in [0.15, 0.2) is 18.2 Å². The van der Waals surface area contributed by atoms with Gasteiger partial charge in [0, 0.05) is 70.4 Å². The van der Waals surface area contributed by atoms with Crippen molar-refractivity contribution in [2.75, 3.05) is 50.7 Å². The van der Waals surface area contributed by atoms with Gasteiger partial charge in [0.25, 0.3) is 0 Å². The largest absolute Gasteiger partial charge is 0.465 e. The number of carboxylic acid groups (broad SMARTS) is 1. The number of likely N-dealkylation sites (tertiary alicyclic amines) is 1. The number of carbonyl (C=O) groups excluding carboxylic acids is 2. The number of aryl methyl sites for hydroxylation is 1. The molecule has 3 saturated heterocycles. The Morgan fingerprint density at radius 2 is 1.91 bits per heavy atom. The minimum absolute atomic E-state index is 0.215. The number of rotatable bonds is 4. The maximum atomic E-state index is 12.4. The van der Waals surface area contributed by atoms with Crippen molar-refractivity contribution >= 4 is 34.5 Å². The Morgan fingerprint density at radius 1 is 1.14 bits per heavy atom. The van der Waals surface area contributed by atoms with Gasteiger partial charge in [-0.15, -0.1) is 0 Å². The highest BCUT2D eigenvalue weighted by atomic mass is 16.4. The summed E-state index contributed by atoms with van der Waals surface area (Å²) in [5, 5.41) is 17.3. The topological polar surface area (TPSA) is 111 Å². The summed E-state index contributed by atoms with van der Waals surface area (Å²) < 4.78 is 1.83. The van der Waals surface area contributed by atoms with Crippen molar-refractivity contribution in [3.63, 3.8) is 0 Å². The predicted octanol–water partition coefficient (Wildman–Crippen LogP) is 1.85. The molecule has 0 spiro atoms. The van der Waals surface area contributed by atoms with Crippen molar-refractivity contribution < 1.29 is 19.5 Å². The average Bonchev–Trinajstić information content (AvgIpc) is 3.16. The number of piperazine rings is 1. The summed E-state index contributed by atoms with van der Waals surface area (Å²) in [6.45, 7) is 8.30. The van der Waals surface area contributed by atoms with Gasteiger partial charge < -0.3 is 14.9 Å². The number of anilines is 1. The molecule has 1 aromatic heterocycles. The standard InChI is InChI=1S/C25H34N6O4/c1-16-14-31(25(34)35)8-7-17(16)15-29-9-11-30(12-10-29)18-3-4-19-21(13-18)28(2)27-23(19)20-5-6-22(32)26-24(20)33/h3-4,13,16-17,20H,5-12,14-15H2,1-2H3,(H,34,35)(H,26,32,33)/t16-,17-,20?/m0/s1. The minimum Gasteiger partial charge on any atom is -0.465 e. The molecule has 0 saturated carbocycles. The molecule has 3 fully saturated rings. The first kappa shape index (κ1) is 23.6. The monoisotopic (exact) mass is 482 g/mol. The number of imide groups is 1. The molecule has 2 aromatic rings. The van der Waals surface area contributed by atoms with Crippen LogP contribution in [0.5, 0.6) is 0 Å².